The van der Waals surface area contributed by atoms with Crippen LogP contribution in [0.5, 0.6) is 0 Å². The molecular weight excluding hydrogens is 346 g/mol. The molecule has 2 aromatic heterocycles. The van der Waals surface area contributed by atoms with Gasteiger partial charge in [-0.15, -0.1) is 0 Å². The molecule has 0 amide bonds. The van der Waals surface area contributed by atoms with Crippen molar-refractivity contribution >= 4 is 33.1 Å². The second-order valence-corrected chi connectivity index (χ2v) is 6.80. The summed E-state index contributed by atoms with van der Waals surface area (Å²) in [6, 6.07) is 24.5. The molecule has 0 aliphatic heterocycles. The van der Waals surface area contributed by atoms with Crippen molar-refractivity contribution in [3.63, 3.8) is 0 Å². The Hall–Kier alpha value is -3.63. The lowest BCUT2D eigenvalue weighted by Crippen LogP contribution is -1.97. The summed E-state index contributed by atoms with van der Waals surface area (Å²) in [6.45, 7) is 0.523. The van der Waals surface area contributed by atoms with Crippen molar-refractivity contribution in [3.8, 4) is 11.3 Å². The van der Waals surface area contributed by atoms with Gasteiger partial charge in [0.15, 0.2) is 0 Å². The van der Waals surface area contributed by atoms with Crippen LogP contribution in [0.15, 0.2) is 89.6 Å². The maximum absolute atomic E-state index is 6.08. The van der Waals surface area contributed by atoms with Gasteiger partial charge in [-0.2, -0.15) is 0 Å². The van der Waals surface area contributed by atoms with E-state index in [2.05, 4.69) is 46.7 Å². The third-order valence-corrected chi connectivity index (χ3v) is 4.90. The van der Waals surface area contributed by atoms with E-state index in [9.17, 15) is 0 Å². The molecular formula is C24H19N3O. The fourth-order valence-corrected chi connectivity index (χ4v) is 3.50. The zero-order valence-corrected chi connectivity index (χ0v) is 15.2. The Bertz CT molecular complexity index is 1260. The number of benzene rings is 3. The standard InChI is InChI=1S/C24H19N3O/c25-13-16-4-3-6-19(10-16)27-20-9-8-18-14-26-15-22(21(18)12-20)24-11-17-5-1-2-7-23(17)28-24/h1-12,14-15,27H,13,25H2. The first-order chi connectivity index (χ1) is 13.8. The van der Waals surface area contributed by atoms with Crippen molar-refractivity contribution < 1.29 is 4.42 Å². The highest BCUT2D eigenvalue weighted by Crippen LogP contribution is 2.34. The van der Waals surface area contributed by atoms with Crippen molar-refractivity contribution in [2.75, 3.05) is 5.32 Å². The van der Waals surface area contributed by atoms with Gasteiger partial charge < -0.3 is 15.5 Å². The largest absolute Gasteiger partial charge is 0.456 e. The number of aromatic nitrogens is 1. The number of nitrogens with two attached hydrogens (primary N) is 1. The number of nitrogens with zero attached hydrogens (tertiary/aromatic N) is 1. The van der Waals surface area contributed by atoms with E-state index >= 15 is 0 Å². The molecule has 4 heteroatoms. The van der Waals surface area contributed by atoms with Gasteiger partial charge >= 0.3 is 0 Å². The van der Waals surface area contributed by atoms with E-state index in [0.717, 1.165) is 50.0 Å². The Balaban J connectivity index is 1.59. The molecule has 0 aliphatic rings. The molecule has 0 aliphatic carbocycles. The van der Waals surface area contributed by atoms with Crippen LogP contribution in [0, 0.1) is 0 Å². The monoisotopic (exact) mass is 365 g/mol. The highest BCUT2D eigenvalue weighted by Gasteiger charge is 2.11. The van der Waals surface area contributed by atoms with E-state index in [1.54, 1.807) is 0 Å². The molecule has 0 atom stereocenters. The average Bonchev–Trinajstić information content (AvgIpc) is 3.17. The Kier molecular flexibility index (Phi) is 4.04. The second-order valence-electron chi connectivity index (χ2n) is 6.80. The van der Waals surface area contributed by atoms with Crippen molar-refractivity contribution in [2.24, 2.45) is 5.73 Å². The molecule has 136 valence electrons. The molecule has 0 unspecified atom stereocenters. The summed E-state index contributed by atoms with van der Waals surface area (Å²) in [7, 11) is 0. The summed E-state index contributed by atoms with van der Waals surface area (Å²) in [5.41, 5.74) is 10.7. The first kappa shape index (κ1) is 16.5. The van der Waals surface area contributed by atoms with Crippen molar-refractivity contribution in [1.29, 1.82) is 0 Å². The highest BCUT2D eigenvalue weighted by atomic mass is 16.3. The number of anilines is 2. The fraction of sp³-hybridized carbons (Fsp3) is 0.0417. The minimum absolute atomic E-state index is 0.523. The zero-order valence-electron chi connectivity index (χ0n) is 15.2. The molecule has 3 N–H and O–H groups in total. The Labute approximate surface area is 162 Å². The molecule has 5 rings (SSSR count). The van der Waals surface area contributed by atoms with Crippen LogP contribution in [-0.2, 0) is 6.54 Å². The third kappa shape index (κ3) is 3.00. The number of para-hydroxylation sites is 1. The molecule has 2 heterocycles. The molecule has 0 bridgehead atoms. The van der Waals surface area contributed by atoms with E-state index < -0.39 is 0 Å². The number of fused-ring (bicyclic) bond motifs is 2. The van der Waals surface area contributed by atoms with Crippen LogP contribution < -0.4 is 11.1 Å². The van der Waals surface area contributed by atoms with Crippen LogP contribution >= 0.6 is 0 Å². The highest BCUT2D eigenvalue weighted by molar-refractivity contribution is 5.98. The van der Waals surface area contributed by atoms with Crippen molar-refractivity contribution in [2.45, 2.75) is 6.54 Å². The SMILES string of the molecule is NCc1cccc(Nc2ccc3cncc(-c4cc5ccccc5o4)c3c2)c1. The molecule has 0 saturated heterocycles. The van der Waals surface area contributed by atoms with E-state index in [1.807, 2.05) is 48.8 Å². The summed E-state index contributed by atoms with van der Waals surface area (Å²) >= 11 is 0. The van der Waals surface area contributed by atoms with Crippen LogP contribution in [0.3, 0.4) is 0 Å². The molecule has 0 saturated carbocycles. The number of nitrogens with one attached hydrogen (secondary N) is 1. The lowest BCUT2D eigenvalue weighted by Gasteiger charge is -2.10. The van der Waals surface area contributed by atoms with Gasteiger partial charge in [0.05, 0.1) is 0 Å². The summed E-state index contributed by atoms with van der Waals surface area (Å²) in [4.78, 5) is 4.40. The maximum Gasteiger partial charge on any atom is 0.137 e. The van der Waals surface area contributed by atoms with Crippen LogP contribution in [0.1, 0.15) is 5.56 Å². The number of hydrogen-bond acceptors (Lipinski definition) is 4. The Morgan fingerprint density at radius 2 is 1.71 bits per heavy atom. The van der Waals surface area contributed by atoms with Gasteiger partial charge in [0.1, 0.15) is 11.3 Å². The molecule has 0 spiro atoms. The van der Waals surface area contributed by atoms with Crippen molar-refractivity contribution in [1.82, 2.24) is 4.98 Å². The predicted octanol–water partition coefficient (Wildman–Crippen LogP) is 5.85. The van der Waals surface area contributed by atoms with Gasteiger partial charge in [-0.05, 0) is 47.3 Å². The van der Waals surface area contributed by atoms with Gasteiger partial charge in [0, 0.05) is 46.6 Å². The normalized spacial score (nSPS) is 11.2. The fourth-order valence-electron chi connectivity index (χ4n) is 3.50. The number of furan rings is 1. The minimum Gasteiger partial charge on any atom is -0.456 e. The minimum atomic E-state index is 0.523. The Morgan fingerprint density at radius 3 is 2.61 bits per heavy atom. The number of rotatable bonds is 4. The average molecular weight is 365 g/mol. The van der Waals surface area contributed by atoms with Crippen LogP contribution in [0.25, 0.3) is 33.1 Å². The van der Waals surface area contributed by atoms with E-state index in [-0.39, 0.29) is 0 Å². The first-order valence-electron chi connectivity index (χ1n) is 9.23. The van der Waals surface area contributed by atoms with E-state index in [0.29, 0.717) is 6.54 Å². The predicted molar refractivity (Wildman–Crippen MR) is 115 cm³/mol. The van der Waals surface area contributed by atoms with Gasteiger partial charge in [-0.1, -0.05) is 36.4 Å². The summed E-state index contributed by atoms with van der Waals surface area (Å²) < 4.78 is 6.08. The lowest BCUT2D eigenvalue weighted by atomic mass is 10.0. The van der Waals surface area contributed by atoms with Crippen LogP contribution in [-0.4, -0.2) is 4.98 Å². The smallest absolute Gasteiger partial charge is 0.137 e. The number of hydrogen-bond donors (Lipinski definition) is 2. The Morgan fingerprint density at radius 1 is 0.821 bits per heavy atom. The van der Waals surface area contributed by atoms with Crippen LogP contribution in [0.2, 0.25) is 0 Å². The van der Waals surface area contributed by atoms with Gasteiger partial charge in [-0.3, -0.25) is 4.98 Å². The molecule has 0 radical (unpaired) electrons. The summed E-state index contributed by atoms with van der Waals surface area (Å²) in [5.74, 6) is 0.821. The molecule has 4 nitrogen and oxygen atoms in total. The topological polar surface area (TPSA) is 64.1 Å². The second kappa shape index (κ2) is 6.83. The molecule has 28 heavy (non-hydrogen) atoms. The maximum atomic E-state index is 6.08. The van der Waals surface area contributed by atoms with Gasteiger partial charge in [0.25, 0.3) is 0 Å². The number of pyridine rings is 1. The first-order valence-corrected chi connectivity index (χ1v) is 9.23. The van der Waals surface area contributed by atoms with Gasteiger partial charge in [0.2, 0.25) is 0 Å². The quantitative estimate of drug-likeness (QED) is 0.419. The van der Waals surface area contributed by atoms with Crippen molar-refractivity contribution in [3.05, 3.63) is 90.8 Å². The lowest BCUT2D eigenvalue weighted by molar-refractivity contribution is 0.632. The molecule has 5 aromatic rings. The van der Waals surface area contributed by atoms with Crippen LogP contribution in [0.4, 0.5) is 11.4 Å². The van der Waals surface area contributed by atoms with E-state index in [1.165, 1.54) is 0 Å². The molecule has 0 fully saturated rings. The zero-order chi connectivity index (χ0) is 18.9. The molecule has 3 aromatic carbocycles. The summed E-state index contributed by atoms with van der Waals surface area (Å²) in [5, 5.41) is 6.72. The van der Waals surface area contributed by atoms with Gasteiger partial charge in [-0.25, -0.2) is 0 Å². The van der Waals surface area contributed by atoms with E-state index in [4.69, 9.17) is 10.2 Å². The summed E-state index contributed by atoms with van der Waals surface area (Å²) in [6.07, 6.45) is 3.74. The third-order valence-electron chi connectivity index (χ3n) is 4.90.